The number of nitro benzene ring substituents is 1. The maximum absolute atomic E-state index is 11.5. The molecule has 1 heterocycles. The number of carbonyl (C=O) groups is 1. The molecule has 1 N–H and O–H groups in total. The first-order valence-electron chi connectivity index (χ1n) is 8.61. The Bertz CT molecular complexity index is 704. The Kier molecular flexibility index (Phi) is 5.50. The zero-order valence-electron chi connectivity index (χ0n) is 15.3. The average Bonchev–Trinajstić information content (AvgIpc) is 2.53. The van der Waals surface area contributed by atoms with Crippen molar-refractivity contribution in [3.63, 3.8) is 0 Å². The number of rotatable bonds is 4. The second kappa shape index (κ2) is 7.25. The molecule has 1 unspecified atom stereocenters. The zero-order chi connectivity index (χ0) is 18.8. The van der Waals surface area contributed by atoms with Gasteiger partial charge < -0.3 is 10.0 Å². The first-order chi connectivity index (χ1) is 11.6. The smallest absolute Gasteiger partial charge is 0.407 e. The molecule has 25 heavy (non-hydrogen) atoms. The Balaban J connectivity index is 2.40. The van der Waals surface area contributed by atoms with Crippen molar-refractivity contribution < 1.29 is 14.8 Å². The number of hydrogen-bond acceptors (Lipinski definition) is 3. The summed E-state index contributed by atoms with van der Waals surface area (Å²) in [5.41, 5.74) is 2.71. The van der Waals surface area contributed by atoms with E-state index in [-0.39, 0.29) is 22.1 Å². The van der Waals surface area contributed by atoms with Gasteiger partial charge in [-0.3, -0.25) is 10.1 Å². The van der Waals surface area contributed by atoms with E-state index in [9.17, 15) is 20.0 Å². The van der Waals surface area contributed by atoms with Crippen LogP contribution in [-0.2, 0) is 6.42 Å². The van der Waals surface area contributed by atoms with Crippen molar-refractivity contribution in [1.82, 2.24) is 4.90 Å². The van der Waals surface area contributed by atoms with Gasteiger partial charge in [0.05, 0.1) is 4.92 Å². The van der Waals surface area contributed by atoms with Crippen LogP contribution in [0.1, 0.15) is 51.7 Å². The van der Waals surface area contributed by atoms with E-state index in [1.54, 1.807) is 12.1 Å². The molecule has 6 nitrogen and oxygen atoms in total. The van der Waals surface area contributed by atoms with Crippen LogP contribution in [0.15, 0.2) is 24.3 Å². The third-order valence-corrected chi connectivity index (χ3v) is 4.74. The Morgan fingerprint density at radius 3 is 2.60 bits per heavy atom. The quantitative estimate of drug-likeness (QED) is 0.631. The summed E-state index contributed by atoms with van der Waals surface area (Å²) in [5, 5.41) is 20.7. The molecular formula is C19H26N2O4. The molecule has 1 aliphatic rings. The minimum atomic E-state index is -0.911. The molecule has 1 aromatic carbocycles. The highest BCUT2D eigenvalue weighted by Crippen LogP contribution is 2.37. The van der Waals surface area contributed by atoms with Crippen molar-refractivity contribution >= 4 is 17.4 Å². The van der Waals surface area contributed by atoms with Crippen LogP contribution in [0.5, 0.6) is 0 Å². The van der Waals surface area contributed by atoms with E-state index in [0.717, 1.165) is 23.1 Å². The molecule has 0 aliphatic carbocycles. The average molecular weight is 346 g/mol. The van der Waals surface area contributed by atoms with Crippen molar-refractivity contribution in [3.05, 3.63) is 45.5 Å². The maximum atomic E-state index is 11.5. The summed E-state index contributed by atoms with van der Waals surface area (Å²) in [7, 11) is 0. The molecule has 0 spiro atoms. The lowest BCUT2D eigenvalue weighted by molar-refractivity contribution is -0.385. The second-order valence-electron chi connectivity index (χ2n) is 7.60. The minimum Gasteiger partial charge on any atom is -0.465 e. The van der Waals surface area contributed by atoms with E-state index in [2.05, 4.69) is 0 Å². The normalized spacial score (nSPS) is 18.0. The number of nitrogens with zero attached hydrogens (tertiary/aromatic N) is 2. The predicted octanol–water partition coefficient (Wildman–Crippen LogP) is 4.73. The van der Waals surface area contributed by atoms with Crippen LogP contribution in [0.2, 0.25) is 0 Å². The van der Waals surface area contributed by atoms with Gasteiger partial charge in [-0.2, -0.15) is 0 Å². The van der Waals surface area contributed by atoms with E-state index in [0.29, 0.717) is 19.4 Å². The van der Waals surface area contributed by atoms with E-state index in [1.807, 2.05) is 39.8 Å². The number of amides is 1. The van der Waals surface area contributed by atoms with Gasteiger partial charge in [0.15, 0.2) is 0 Å². The third kappa shape index (κ3) is 4.18. The summed E-state index contributed by atoms with van der Waals surface area (Å²) < 4.78 is 0. The summed E-state index contributed by atoms with van der Waals surface area (Å²) in [6, 6.07) is 5.11. The number of benzene rings is 1. The Morgan fingerprint density at radius 1 is 1.40 bits per heavy atom. The largest absolute Gasteiger partial charge is 0.465 e. The first-order valence-corrected chi connectivity index (χ1v) is 8.61. The highest BCUT2D eigenvalue weighted by atomic mass is 16.6. The highest BCUT2D eigenvalue weighted by molar-refractivity contribution is 5.73. The van der Waals surface area contributed by atoms with Crippen LogP contribution in [-0.4, -0.2) is 33.6 Å². The van der Waals surface area contributed by atoms with Crippen molar-refractivity contribution in [2.45, 2.75) is 53.0 Å². The molecule has 136 valence electrons. The summed E-state index contributed by atoms with van der Waals surface area (Å²) >= 11 is 0. The maximum Gasteiger partial charge on any atom is 0.407 e. The minimum absolute atomic E-state index is 0.130. The number of carboxylic acid groups (broad SMARTS) is 1. The molecule has 1 aliphatic heterocycles. The fraction of sp³-hybridized carbons (Fsp3) is 0.526. The first kappa shape index (κ1) is 19.0. The summed E-state index contributed by atoms with van der Waals surface area (Å²) in [6.07, 6.45) is 3.11. The molecule has 0 radical (unpaired) electrons. The standard InChI is InChI=1S/C19H26N2O4/c1-5-6-15-11-13(7-8-16(15)21(24)25)14-9-10-20(18(22)23)17(12-14)19(2,3)4/h7-9,11,17H,5-6,10,12H2,1-4H3,(H,22,23). The van der Waals surface area contributed by atoms with Crippen molar-refractivity contribution in [2.24, 2.45) is 5.41 Å². The van der Waals surface area contributed by atoms with Crippen LogP contribution < -0.4 is 0 Å². The second-order valence-corrected chi connectivity index (χ2v) is 7.60. The molecule has 1 aromatic rings. The lowest BCUT2D eigenvalue weighted by Gasteiger charge is -2.41. The van der Waals surface area contributed by atoms with Gasteiger partial charge in [0, 0.05) is 24.2 Å². The summed E-state index contributed by atoms with van der Waals surface area (Å²) in [6.45, 7) is 8.45. The molecule has 0 saturated heterocycles. The van der Waals surface area contributed by atoms with Crippen molar-refractivity contribution in [1.29, 1.82) is 0 Å². The number of nitro groups is 1. The molecule has 1 amide bonds. The van der Waals surface area contributed by atoms with Crippen LogP contribution in [0.4, 0.5) is 10.5 Å². The molecule has 1 atom stereocenters. The van der Waals surface area contributed by atoms with Gasteiger partial charge in [-0.1, -0.05) is 40.2 Å². The van der Waals surface area contributed by atoms with Crippen LogP contribution >= 0.6 is 0 Å². The zero-order valence-corrected chi connectivity index (χ0v) is 15.3. The van der Waals surface area contributed by atoms with Gasteiger partial charge in [-0.15, -0.1) is 0 Å². The van der Waals surface area contributed by atoms with Crippen molar-refractivity contribution in [3.8, 4) is 0 Å². The molecule has 0 fully saturated rings. The van der Waals surface area contributed by atoms with Crippen LogP contribution in [0.25, 0.3) is 5.57 Å². The van der Waals surface area contributed by atoms with Gasteiger partial charge in [0.1, 0.15) is 0 Å². The van der Waals surface area contributed by atoms with Gasteiger partial charge in [-0.25, -0.2) is 4.79 Å². The van der Waals surface area contributed by atoms with Crippen LogP contribution in [0, 0.1) is 15.5 Å². The van der Waals surface area contributed by atoms with Gasteiger partial charge in [0.25, 0.3) is 5.69 Å². The lowest BCUT2D eigenvalue weighted by atomic mass is 9.79. The van der Waals surface area contributed by atoms with Gasteiger partial charge in [-0.05, 0) is 41.5 Å². The molecule has 6 heteroatoms. The molecule has 0 aromatic heterocycles. The molecular weight excluding hydrogens is 320 g/mol. The van der Waals surface area contributed by atoms with E-state index in [4.69, 9.17) is 0 Å². The third-order valence-electron chi connectivity index (χ3n) is 4.74. The molecule has 0 saturated carbocycles. The van der Waals surface area contributed by atoms with Gasteiger partial charge in [0.2, 0.25) is 0 Å². The Hall–Kier alpha value is -2.37. The number of aryl methyl sites for hydroxylation is 1. The van der Waals surface area contributed by atoms with Crippen LogP contribution in [0.3, 0.4) is 0 Å². The fourth-order valence-corrected chi connectivity index (χ4v) is 3.39. The molecule has 0 bridgehead atoms. The Morgan fingerprint density at radius 2 is 2.08 bits per heavy atom. The SMILES string of the molecule is CCCc1cc(C2=CCN(C(=O)O)C(C(C)(C)C)C2)ccc1[N+](=O)[O-]. The highest BCUT2D eigenvalue weighted by Gasteiger charge is 2.36. The van der Waals surface area contributed by atoms with E-state index in [1.165, 1.54) is 4.90 Å². The van der Waals surface area contributed by atoms with Gasteiger partial charge >= 0.3 is 6.09 Å². The predicted molar refractivity (Wildman–Crippen MR) is 97.7 cm³/mol. The number of hydrogen-bond donors (Lipinski definition) is 1. The monoisotopic (exact) mass is 346 g/mol. The topological polar surface area (TPSA) is 83.7 Å². The Labute approximate surface area is 148 Å². The summed E-state index contributed by atoms with van der Waals surface area (Å²) in [5.74, 6) is 0. The lowest BCUT2D eigenvalue weighted by Crippen LogP contribution is -2.48. The van der Waals surface area contributed by atoms with E-state index >= 15 is 0 Å². The molecule has 2 rings (SSSR count). The van der Waals surface area contributed by atoms with E-state index < -0.39 is 6.09 Å². The fourth-order valence-electron chi connectivity index (χ4n) is 3.39. The van der Waals surface area contributed by atoms with Crippen molar-refractivity contribution in [2.75, 3.05) is 6.54 Å². The summed E-state index contributed by atoms with van der Waals surface area (Å²) in [4.78, 5) is 23.9.